The van der Waals surface area contributed by atoms with Crippen LogP contribution in [0.1, 0.15) is 17.5 Å². The minimum Gasteiger partial charge on any atom is -0.366 e. The summed E-state index contributed by atoms with van der Waals surface area (Å²) in [5.41, 5.74) is 0.757. The van der Waals surface area contributed by atoms with Crippen LogP contribution in [0.4, 0.5) is 4.39 Å². The molecule has 0 saturated heterocycles. The highest BCUT2D eigenvalue weighted by atomic mass is 19.1. The highest BCUT2D eigenvalue weighted by molar-refractivity contribution is 5.69. The molecule has 0 saturated carbocycles. The number of hydrogen-bond donors (Lipinski definition) is 0. The summed E-state index contributed by atoms with van der Waals surface area (Å²) in [6.45, 7) is 0. The Morgan fingerprint density at radius 1 is 1.57 bits per heavy atom. The van der Waals surface area contributed by atoms with Crippen LogP contribution in [0.15, 0.2) is 18.2 Å². The minimum atomic E-state index is -0.919. The molecule has 0 aliphatic heterocycles. The second kappa shape index (κ2) is 3.17. The van der Waals surface area contributed by atoms with E-state index >= 15 is 0 Å². The fourth-order valence-electron chi connectivity index (χ4n) is 2.00. The number of fused-ring (bicyclic) bond motifs is 1. The highest BCUT2D eigenvalue weighted by Gasteiger charge is 2.38. The maximum atomic E-state index is 13.0. The zero-order valence-corrected chi connectivity index (χ0v) is 7.92. The van der Waals surface area contributed by atoms with Gasteiger partial charge >= 0.3 is 0 Å². The number of aldehydes is 1. The molecule has 0 heterocycles. The van der Waals surface area contributed by atoms with Crippen molar-refractivity contribution in [3.05, 3.63) is 35.1 Å². The van der Waals surface area contributed by atoms with Gasteiger partial charge in [0.15, 0.2) is 6.29 Å². The van der Waals surface area contributed by atoms with Gasteiger partial charge in [-0.3, -0.25) is 4.79 Å². The molecule has 14 heavy (non-hydrogen) atoms. The molecule has 3 heteroatoms. The Balaban J connectivity index is 2.56. The molecule has 1 aromatic rings. The zero-order valence-electron chi connectivity index (χ0n) is 7.92. The third kappa shape index (κ3) is 1.16. The molecular weight excluding hydrogens is 183 g/mol. The van der Waals surface area contributed by atoms with Crippen molar-refractivity contribution in [1.82, 2.24) is 0 Å². The first-order valence-corrected chi connectivity index (χ1v) is 4.52. The van der Waals surface area contributed by atoms with Crippen LogP contribution in [0.2, 0.25) is 0 Å². The monoisotopic (exact) mass is 194 g/mol. The van der Waals surface area contributed by atoms with Gasteiger partial charge in [0.25, 0.3) is 0 Å². The number of halogens is 1. The molecule has 0 bridgehead atoms. The molecule has 1 atom stereocenters. The third-order valence-corrected chi connectivity index (χ3v) is 2.85. The zero-order chi connectivity index (χ0) is 10.2. The number of ether oxygens (including phenoxy) is 1. The Labute approximate surface area is 81.7 Å². The lowest BCUT2D eigenvalue weighted by molar-refractivity contribution is -0.128. The molecule has 1 aromatic carbocycles. The summed E-state index contributed by atoms with van der Waals surface area (Å²) in [6, 6.07) is 4.52. The van der Waals surface area contributed by atoms with Crippen molar-refractivity contribution in [3.8, 4) is 0 Å². The van der Waals surface area contributed by atoms with E-state index in [1.54, 1.807) is 6.07 Å². The van der Waals surface area contributed by atoms with E-state index in [0.29, 0.717) is 12.0 Å². The molecule has 0 spiro atoms. The Morgan fingerprint density at radius 2 is 2.36 bits per heavy atom. The largest absolute Gasteiger partial charge is 0.366 e. The summed E-state index contributed by atoms with van der Waals surface area (Å²) in [7, 11) is 1.48. The fourth-order valence-corrected chi connectivity index (χ4v) is 2.00. The summed E-state index contributed by atoms with van der Waals surface area (Å²) in [6.07, 6.45) is 2.13. The maximum absolute atomic E-state index is 13.0. The van der Waals surface area contributed by atoms with E-state index in [1.165, 1.54) is 19.2 Å². The molecule has 2 nitrogen and oxygen atoms in total. The summed E-state index contributed by atoms with van der Waals surface area (Å²) < 4.78 is 18.2. The first-order chi connectivity index (χ1) is 6.72. The van der Waals surface area contributed by atoms with Crippen LogP contribution in [0.5, 0.6) is 0 Å². The van der Waals surface area contributed by atoms with E-state index in [9.17, 15) is 9.18 Å². The van der Waals surface area contributed by atoms with E-state index in [4.69, 9.17) is 4.74 Å². The van der Waals surface area contributed by atoms with Crippen LogP contribution in [0, 0.1) is 5.82 Å². The second-order valence-corrected chi connectivity index (χ2v) is 3.51. The summed E-state index contributed by atoms with van der Waals surface area (Å²) in [4.78, 5) is 11.0. The molecule has 0 aromatic heterocycles. The number of hydrogen-bond acceptors (Lipinski definition) is 2. The van der Waals surface area contributed by atoms with E-state index in [-0.39, 0.29) is 5.82 Å². The number of rotatable bonds is 2. The quantitative estimate of drug-likeness (QED) is 0.671. The smallest absolute Gasteiger partial charge is 0.156 e. The molecule has 0 N–H and O–H groups in total. The predicted octanol–water partition coefficient (Wildman–Crippen LogP) is 1.81. The van der Waals surface area contributed by atoms with Crippen molar-refractivity contribution in [2.24, 2.45) is 0 Å². The average molecular weight is 194 g/mol. The van der Waals surface area contributed by atoms with Gasteiger partial charge in [-0.1, -0.05) is 6.07 Å². The number of carbonyl (C=O) groups excluding carboxylic acids is 1. The van der Waals surface area contributed by atoms with Gasteiger partial charge in [-0.25, -0.2) is 4.39 Å². The summed E-state index contributed by atoms with van der Waals surface area (Å²) in [5.74, 6) is -0.325. The average Bonchev–Trinajstić information content (AvgIpc) is 2.57. The molecule has 2 rings (SSSR count). The van der Waals surface area contributed by atoms with Crippen molar-refractivity contribution < 1.29 is 13.9 Å². The van der Waals surface area contributed by atoms with Crippen LogP contribution in [0.3, 0.4) is 0 Å². The fraction of sp³-hybridized carbons (Fsp3) is 0.364. The maximum Gasteiger partial charge on any atom is 0.156 e. The van der Waals surface area contributed by atoms with Crippen molar-refractivity contribution in [2.75, 3.05) is 7.11 Å². The van der Waals surface area contributed by atoms with Crippen LogP contribution >= 0.6 is 0 Å². The lowest BCUT2D eigenvalue weighted by Crippen LogP contribution is -2.27. The third-order valence-electron chi connectivity index (χ3n) is 2.85. The van der Waals surface area contributed by atoms with Crippen LogP contribution in [-0.4, -0.2) is 13.4 Å². The van der Waals surface area contributed by atoms with Crippen molar-refractivity contribution >= 4 is 6.29 Å². The highest BCUT2D eigenvalue weighted by Crippen LogP contribution is 2.38. The van der Waals surface area contributed by atoms with Crippen molar-refractivity contribution in [1.29, 1.82) is 0 Å². The van der Waals surface area contributed by atoms with Gasteiger partial charge in [-0.15, -0.1) is 0 Å². The normalized spacial score (nSPS) is 24.7. The van der Waals surface area contributed by atoms with E-state index in [2.05, 4.69) is 0 Å². The Bertz CT molecular complexity index is 376. The predicted molar refractivity (Wildman–Crippen MR) is 49.5 cm³/mol. The van der Waals surface area contributed by atoms with Crippen LogP contribution in [0.25, 0.3) is 0 Å². The summed E-state index contributed by atoms with van der Waals surface area (Å²) in [5, 5.41) is 0. The molecular formula is C11H11FO2. The van der Waals surface area contributed by atoms with Crippen LogP contribution in [-0.2, 0) is 21.6 Å². The van der Waals surface area contributed by atoms with E-state index in [1.807, 2.05) is 0 Å². The van der Waals surface area contributed by atoms with Gasteiger partial charge in [-0.2, -0.15) is 0 Å². The van der Waals surface area contributed by atoms with Gasteiger partial charge in [0.2, 0.25) is 0 Å². The van der Waals surface area contributed by atoms with Gasteiger partial charge in [0.05, 0.1) is 0 Å². The molecule has 1 aliphatic rings. The molecule has 1 unspecified atom stereocenters. The number of carbonyl (C=O) groups is 1. The second-order valence-electron chi connectivity index (χ2n) is 3.51. The molecule has 1 aliphatic carbocycles. The number of aryl methyl sites for hydroxylation is 1. The lowest BCUT2D eigenvalue weighted by Gasteiger charge is -2.21. The lowest BCUT2D eigenvalue weighted by atomic mass is 9.97. The Kier molecular flexibility index (Phi) is 2.11. The number of methoxy groups -OCH3 is 1. The standard InChI is InChI=1S/C11H11FO2/c1-14-11(7-13)5-4-8-2-3-9(12)6-10(8)11/h2-3,6-7H,4-5H2,1H3. The first-order valence-electron chi connectivity index (χ1n) is 4.52. The van der Waals surface area contributed by atoms with E-state index < -0.39 is 5.60 Å². The Hall–Kier alpha value is -1.22. The summed E-state index contributed by atoms with van der Waals surface area (Å²) >= 11 is 0. The van der Waals surface area contributed by atoms with Crippen molar-refractivity contribution in [3.63, 3.8) is 0 Å². The van der Waals surface area contributed by atoms with Gasteiger partial charge in [0, 0.05) is 7.11 Å². The molecule has 0 radical (unpaired) electrons. The van der Waals surface area contributed by atoms with Gasteiger partial charge in [-0.05, 0) is 36.1 Å². The molecule has 0 fully saturated rings. The minimum absolute atomic E-state index is 0.325. The SMILES string of the molecule is COC1(C=O)CCc2ccc(F)cc21. The first kappa shape index (κ1) is 9.34. The van der Waals surface area contributed by atoms with Crippen LogP contribution < -0.4 is 0 Å². The molecule has 74 valence electrons. The Morgan fingerprint density at radius 3 is 3.00 bits per heavy atom. The molecule has 0 amide bonds. The van der Waals surface area contributed by atoms with Gasteiger partial charge < -0.3 is 4.74 Å². The van der Waals surface area contributed by atoms with Crippen molar-refractivity contribution in [2.45, 2.75) is 18.4 Å². The topological polar surface area (TPSA) is 26.3 Å². The number of benzene rings is 1. The van der Waals surface area contributed by atoms with Gasteiger partial charge in [0.1, 0.15) is 11.4 Å². The van der Waals surface area contributed by atoms with E-state index in [0.717, 1.165) is 18.3 Å².